The van der Waals surface area contributed by atoms with E-state index in [0.717, 1.165) is 23.0 Å². The smallest absolute Gasteiger partial charge is 0.332 e. The number of methoxy groups -OCH3 is 2. The normalized spacial score (nSPS) is 16.1. The van der Waals surface area contributed by atoms with Crippen molar-refractivity contribution < 1.29 is 14.3 Å². The highest BCUT2D eigenvalue weighted by atomic mass is 16.5. The highest BCUT2D eigenvalue weighted by Crippen LogP contribution is 2.24. The first-order valence-corrected chi connectivity index (χ1v) is 10.4. The van der Waals surface area contributed by atoms with Crippen LogP contribution in [-0.2, 0) is 24.9 Å². The molecule has 1 aliphatic rings. The van der Waals surface area contributed by atoms with Crippen LogP contribution in [0.1, 0.15) is 25.3 Å². The van der Waals surface area contributed by atoms with Crippen molar-refractivity contribution >= 4 is 11.7 Å². The summed E-state index contributed by atoms with van der Waals surface area (Å²) in [5, 5.41) is 2.99. The topological polar surface area (TPSA) is 94.8 Å². The minimum absolute atomic E-state index is 0.0549. The molecular formula is C22H30N4O5. The molecule has 31 heavy (non-hydrogen) atoms. The van der Waals surface area contributed by atoms with Crippen LogP contribution in [0.2, 0.25) is 0 Å². The zero-order valence-corrected chi connectivity index (χ0v) is 18.5. The lowest BCUT2D eigenvalue weighted by Crippen LogP contribution is -2.47. The Morgan fingerprint density at radius 3 is 2.42 bits per heavy atom. The van der Waals surface area contributed by atoms with E-state index in [1.54, 1.807) is 24.9 Å². The van der Waals surface area contributed by atoms with E-state index in [-0.39, 0.29) is 23.1 Å². The largest absolute Gasteiger partial charge is 0.497 e. The number of hydrogen-bond donors (Lipinski definition) is 1. The van der Waals surface area contributed by atoms with Gasteiger partial charge in [-0.1, -0.05) is 0 Å². The zero-order chi connectivity index (χ0) is 22.5. The molecule has 0 spiro atoms. The van der Waals surface area contributed by atoms with Crippen LogP contribution >= 0.6 is 0 Å². The number of benzene rings is 1. The molecule has 0 radical (unpaired) electrons. The number of carbonyl (C=O) groups is 1. The molecule has 168 valence electrons. The summed E-state index contributed by atoms with van der Waals surface area (Å²) < 4.78 is 13.2. The van der Waals surface area contributed by atoms with Crippen molar-refractivity contribution in [1.29, 1.82) is 0 Å². The molecule has 9 heteroatoms. The van der Waals surface area contributed by atoms with E-state index in [9.17, 15) is 14.4 Å². The number of rotatable bonds is 7. The Morgan fingerprint density at radius 2 is 1.81 bits per heavy atom. The van der Waals surface area contributed by atoms with Gasteiger partial charge in [0.05, 0.1) is 20.1 Å². The molecule has 0 aliphatic carbocycles. The fourth-order valence-corrected chi connectivity index (χ4v) is 3.92. The van der Waals surface area contributed by atoms with Crippen LogP contribution in [0.25, 0.3) is 0 Å². The van der Waals surface area contributed by atoms with Crippen LogP contribution in [0.5, 0.6) is 11.5 Å². The number of nitrogens with zero attached hydrogens (tertiary/aromatic N) is 3. The summed E-state index contributed by atoms with van der Waals surface area (Å²) in [7, 11) is 4.64. The summed E-state index contributed by atoms with van der Waals surface area (Å²) in [6, 6.07) is 6.97. The van der Waals surface area contributed by atoms with Crippen molar-refractivity contribution in [2.45, 2.75) is 32.9 Å². The Bertz CT molecular complexity index is 1040. The molecule has 1 amide bonds. The quantitative estimate of drug-likeness (QED) is 0.707. The average molecular weight is 431 g/mol. The van der Waals surface area contributed by atoms with Crippen molar-refractivity contribution in [1.82, 2.24) is 14.5 Å². The predicted molar refractivity (Wildman–Crippen MR) is 118 cm³/mol. The van der Waals surface area contributed by atoms with Crippen molar-refractivity contribution in [3.63, 3.8) is 0 Å². The predicted octanol–water partition coefficient (Wildman–Crippen LogP) is 1.12. The first-order chi connectivity index (χ1) is 14.9. The summed E-state index contributed by atoms with van der Waals surface area (Å²) in [6.45, 7) is 3.83. The minimum atomic E-state index is -0.344. The van der Waals surface area contributed by atoms with E-state index < -0.39 is 0 Å². The molecule has 0 bridgehead atoms. The second-order valence-corrected chi connectivity index (χ2v) is 7.65. The zero-order valence-electron chi connectivity index (χ0n) is 18.5. The van der Waals surface area contributed by atoms with E-state index in [2.05, 4.69) is 5.32 Å². The molecule has 1 aliphatic heterocycles. The molecule has 3 rings (SSSR count). The molecule has 1 fully saturated rings. The molecule has 1 atom stereocenters. The molecule has 2 heterocycles. The van der Waals surface area contributed by atoms with E-state index in [4.69, 9.17) is 9.47 Å². The van der Waals surface area contributed by atoms with E-state index >= 15 is 0 Å². The molecule has 0 unspecified atom stereocenters. The van der Waals surface area contributed by atoms with Gasteiger partial charge in [-0.05, 0) is 37.5 Å². The first-order valence-electron chi connectivity index (χ1n) is 10.4. The fraction of sp³-hybridized carbons (Fsp3) is 0.500. The molecule has 1 aromatic heterocycles. The van der Waals surface area contributed by atoms with Gasteiger partial charge in [-0.3, -0.25) is 18.7 Å². The minimum Gasteiger partial charge on any atom is -0.497 e. The van der Waals surface area contributed by atoms with Gasteiger partial charge in [0.15, 0.2) is 0 Å². The first kappa shape index (κ1) is 22.5. The standard InChI is InChI=1S/C22H30N4O5/c1-5-26-19(12-20(27)24(2)22(26)29)25-8-6-7-16(14-25)21(28)23-13-15-9-17(30-3)11-18(10-15)31-4/h9-12,16H,5-8,13-14H2,1-4H3,(H,23,28)/t16-/m1/s1. The molecule has 9 nitrogen and oxygen atoms in total. The number of aromatic nitrogens is 2. The van der Waals surface area contributed by atoms with Gasteiger partial charge >= 0.3 is 5.69 Å². The van der Waals surface area contributed by atoms with Crippen molar-refractivity contribution in [2.24, 2.45) is 13.0 Å². The maximum Gasteiger partial charge on any atom is 0.332 e. The van der Waals surface area contributed by atoms with Gasteiger partial charge in [0.25, 0.3) is 5.56 Å². The second kappa shape index (κ2) is 9.72. The van der Waals surface area contributed by atoms with Crippen LogP contribution in [0.4, 0.5) is 5.82 Å². The second-order valence-electron chi connectivity index (χ2n) is 7.65. The molecule has 1 N–H and O–H groups in total. The molecular weight excluding hydrogens is 400 g/mol. The summed E-state index contributed by atoms with van der Waals surface area (Å²) in [4.78, 5) is 39.5. The number of piperidine rings is 1. The number of carbonyl (C=O) groups excluding carboxylic acids is 1. The third-order valence-electron chi connectivity index (χ3n) is 5.69. The van der Waals surface area contributed by atoms with E-state index in [0.29, 0.717) is 43.5 Å². The number of hydrogen-bond acceptors (Lipinski definition) is 6. The summed E-state index contributed by atoms with van der Waals surface area (Å²) in [6.07, 6.45) is 1.56. The lowest BCUT2D eigenvalue weighted by atomic mass is 9.97. The van der Waals surface area contributed by atoms with Crippen molar-refractivity contribution in [3.8, 4) is 11.5 Å². The van der Waals surface area contributed by atoms with Gasteiger partial charge < -0.3 is 19.7 Å². The Labute approximate surface area is 181 Å². The van der Waals surface area contributed by atoms with Gasteiger partial charge in [-0.15, -0.1) is 0 Å². The third-order valence-corrected chi connectivity index (χ3v) is 5.69. The Morgan fingerprint density at radius 1 is 1.13 bits per heavy atom. The van der Waals surface area contributed by atoms with Crippen LogP contribution < -0.4 is 30.9 Å². The summed E-state index contributed by atoms with van der Waals surface area (Å²) >= 11 is 0. The lowest BCUT2D eigenvalue weighted by Gasteiger charge is -2.34. The van der Waals surface area contributed by atoms with E-state index in [1.165, 1.54) is 13.1 Å². The highest BCUT2D eigenvalue weighted by molar-refractivity contribution is 5.79. The molecule has 0 saturated carbocycles. The van der Waals surface area contributed by atoms with Crippen LogP contribution in [0, 0.1) is 5.92 Å². The summed E-state index contributed by atoms with van der Waals surface area (Å²) in [5.74, 6) is 1.61. The van der Waals surface area contributed by atoms with Crippen LogP contribution in [0.15, 0.2) is 33.9 Å². The molecule has 1 aromatic carbocycles. The van der Waals surface area contributed by atoms with Gasteiger partial charge in [-0.25, -0.2) is 4.79 Å². The molecule has 2 aromatic rings. The van der Waals surface area contributed by atoms with Crippen molar-refractivity contribution in [3.05, 3.63) is 50.7 Å². The maximum absolute atomic E-state index is 12.9. The number of amides is 1. The van der Waals surface area contributed by atoms with E-state index in [1.807, 2.05) is 24.0 Å². The maximum atomic E-state index is 12.9. The monoisotopic (exact) mass is 430 g/mol. The van der Waals surface area contributed by atoms with Gasteiger partial charge in [0.2, 0.25) is 5.91 Å². The SMILES string of the molecule is CCn1c(N2CCC[C@@H](C(=O)NCc3cc(OC)cc(OC)c3)C2)cc(=O)n(C)c1=O. The lowest BCUT2D eigenvalue weighted by molar-refractivity contribution is -0.125. The Kier molecular flexibility index (Phi) is 7.04. The van der Waals surface area contributed by atoms with Gasteiger partial charge in [-0.2, -0.15) is 0 Å². The van der Waals surface area contributed by atoms with Gasteiger partial charge in [0.1, 0.15) is 17.3 Å². The fourth-order valence-electron chi connectivity index (χ4n) is 3.92. The third kappa shape index (κ3) is 4.92. The van der Waals surface area contributed by atoms with Crippen molar-refractivity contribution in [2.75, 3.05) is 32.2 Å². The summed E-state index contributed by atoms with van der Waals surface area (Å²) in [5.41, 5.74) is 0.190. The average Bonchev–Trinajstić information content (AvgIpc) is 2.80. The number of anilines is 1. The number of ether oxygens (including phenoxy) is 2. The highest BCUT2D eigenvalue weighted by Gasteiger charge is 2.27. The number of nitrogens with one attached hydrogen (secondary N) is 1. The van der Waals surface area contributed by atoms with Crippen LogP contribution in [-0.4, -0.2) is 42.4 Å². The Hall–Kier alpha value is -3.23. The van der Waals surface area contributed by atoms with Crippen LogP contribution in [0.3, 0.4) is 0 Å². The Balaban J connectivity index is 1.72. The molecule has 1 saturated heterocycles. The van der Waals surface area contributed by atoms with Gasteiger partial charge in [0, 0.05) is 45.4 Å².